The van der Waals surface area contributed by atoms with Crippen molar-refractivity contribution in [1.82, 2.24) is 0 Å². The third-order valence-electron chi connectivity index (χ3n) is 3.26. The fraction of sp³-hybridized carbons (Fsp3) is 0.118. The Kier molecular flexibility index (Phi) is 3.03. The van der Waals surface area contributed by atoms with Crippen molar-refractivity contribution in [2.75, 3.05) is 7.11 Å². The largest absolute Gasteiger partial charge is 0.497 e. The van der Waals surface area contributed by atoms with E-state index in [9.17, 15) is 4.79 Å². The SMILES string of the molecule is COc1ccc(-c2cc(=O)c3ccc(C)cc3o2)cc1. The first-order valence-corrected chi connectivity index (χ1v) is 6.36. The van der Waals surface area contributed by atoms with Crippen LogP contribution in [0.4, 0.5) is 0 Å². The molecule has 3 heteroatoms. The molecule has 3 aromatic rings. The Balaban J connectivity index is 2.18. The molecule has 0 aliphatic heterocycles. The van der Waals surface area contributed by atoms with Gasteiger partial charge in [-0.3, -0.25) is 4.79 Å². The lowest BCUT2D eigenvalue weighted by molar-refractivity contribution is 0.415. The number of rotatable bonds is 2. The van der Waals surface area contributed by atoms with Gasteiger partial charge >= 0.3 is 0 Å². The van der Waals surface area contributed by atoms with Gasteiger partial charge in [-0.15, -0.1) is 0 Å². The molecule has 2 aromatic carbocycles. The molecule has 0 spiro atoms. The van der Waals surface area contributed by atoms with Gasteiger partial charge in [0.15, 0.2) is 5.43 Å². The summed E-state index contributed by atoms with van der Waals surface area (Å²) in [5.74, 6) is 1.34. The molecule has 20 heavy (non-hydrogen) atoms. The highest BCUT2D eigenvalue weighted by molar-refractivity contribution is 5.79. The van der Waals surface area contributed by atoms with E-state index in [1.165, 1.54) is 6.07 Å². The molecule has 0 radical (unpaired) electrons. The summed E-state index contributed by atoms with van der Waals surface area (Å²) < 4.78 is 11.0. The van der Waals surface area contributed by atoms with E-state index in [1.54, 1.807) is 13.2 Å². The van der Waals surface area contributed by atoms with Crippen LogP contribution in [0.3, 0.4) is 0 Å². The number of aryl methyl sites for hydroxylation is 1. The van der Waals surface area contributed by atoms with Gasteiger partial charge in [0.1, 0.15) is 17.1 Å². The summed E-state index contributed by atoms with van der Waals surface area (Å²) >= 11 is 0. The maximum atomic E-state index is 12.1. The highest BCUT2D eigenvalue weighted by atomic mass is 16.5. The predicted octanol–water partition coefficient (Wildman–Crippen LogP) is 3.78. The van der Waals surface area contributed by atoms with Crippen LogP contribution in [0.25, 0.3) is 22.3 Å². The van der Waals surface area contributed by atoms with Crippen LogP contribution < -0.4 is 10.2 Å². The Morgan fingerprint density at radius 2 is 1.75 bits per heavy atom. The average Bonchev–Trinajstić information content (AvgIpc) is 2.46. The molecule has 0 aliphatic rings. The van der Waals surface area contributed by atoms with E-state index in [-0.39, 0.29) is 5.43 Å². The lowest BCUT2D eigenvalue weighted by Crippen LogP contribution is -2.00. The quantitative estimate of drug-likeness (QED) is 0.708. The van der Waals surface area contributed by atoms with E-state index in [4.69, 9.17) is 9.15 Å². The second kappa shape index (κ2) is 4.85. The first-order valence-electron chi connectivity index (χ1n) is 6.36. The fourth-order valence-corrected chi connectivity index (χ4v) is 2.16. The topological polar surface area (TPSA) is 39.4 Å². The molecule has 0 unspecified atom stereocenters. The predicted molar refractivity (Wildman–Crippen MR) is 79.2 cm³/mol. The van der Waals surface area contributed by atoms with Crippen LogP contribution in [0.2, 0.25) is 0 Å². The van der Waals surface area contributed by atoms with Gasteiger partial charge in [0, 0.05) is 11.6 Å². The molecule has 1 aromatic heterocycles. The van der Waals surface area contributed by atoms with Gasteiger partial charge in [0.05, 0.1) is 12.5 Å². The smallest absolute Gasteiger partial charge is 0.193 e. The minimum Gasteiger partial charge on any atom is -0.497 e. The van der Waals surface area contributed by atoms with Gasteiger partial charge in [-0.1, -0.05) is 6.07 Å². The van der Waals surface area contributed by atoms with Crippen LogP contribution >= 0.6 is 0 Å². The van der Waals surface area contributed by atoms with Gasteiger partial charge in [-0.25, -0.2) is 0 Å². The summed E-state index contributed by atoms with van der Waals surface area (Å²) in [5, 5.41) is 0.605. The van der Waals surface area contributed by atoms with E-state index in [1.807, 2.05) is 43.3 Å². The maximum Gasteiger partial charge on any atom is 0.193 e. The molecule has 3 rings (SSSR count). The molecule has 3 nitrogen and oxygen atoms in total. The first kappa shape index (κ1) is 12.5. The van der Waals surface area contributed by atoms with E-state index in [0.717, 1.165) is 16.9 Å². The summed E-state index contributed by atoms with van der Waals surface area (Å²) in [6.45, 7) is 1.97. The van der Waals surface area contributed by atoms with E-state index >= 15 is 0 Å². The van der Waals surface area contributed by atoms with Crippen molar-refractivity contribution in [1.29, 1.82) is 0 Å². The Morgan fingerprint density at radius 1 is 1.00 bits per heavy atom. The van der Waals surface area contributed by atoms with Gasteiger partial charge in [-0.2, -0.15) is 0 Å². The molecule has 0 saturated heterocycles. The normalized spacial score (nSPS) is 10.7. The monoisotopic (exact) mass is 266 g/mol. The third kappa shape index (κ3) is 2.18. The van der Waals surface area contributed by atoms with Crippen molar-refractivity contribution >= 4 is 11.0 Å². The minimum atomic E-state index is -0.0305. The van der Waals surface area contributed by atoms with Crippen LogP contribution in [0.15, 0.2) is 57.7 Å². The molecular weight excluding hydrogens is 252 g/mol. The van der Waals surface area contributed by atoms with Crippen molar-refractivity contribution in [3.8, 4) is 17.1 Å². The van der Waals surface area contributed by atoms with Gasteiger partial charge < -0.3 is 9.15 Å². The molecule has 0 atom stereocenters. The molecule has 100 valence electrons. The zero-order valence-electron chi connectivity index (χ0n) is 11.3. The van der Waals surface area contributed by atoms with Crippen molar-refractivity contribution in [2.45, 2.75) is 6.92 Å². The number of methoxy groups -OCH3 is 1. The van der Waals surface area contributed by atoms with Crippen LogP contribution in [0, 0.1) is 6.92 Å². The first-order chi connectivity index (χ1) is 9.67. The number of hydrogen-bond donors (Lipinski definition) is 0. The molecule has 0 bridgehead atoms. The summed E-state index contributed by atoms with van der Waals surface area (Å²) in [6, 6.07) is 14.5. The molecule has 0 saturated carbocycles. The molecule has 0 N–H and O–H groups in total. The van der Waals surface area contributed by atoms with Gasteiger partial charge in [0.25, 0.3) is 0 Å². The summed E-state index contributed by atoms with van der Waals surface area (Å²) in [7, 11) is 1.62. The van der Waals surface area contributed by atoms with Crippen LogP contribution in [-0.4, -0.2) is 7.11 Å². The molecule has 1 heterocycles. The lowest BCUT2D eigenvalue weighted by Gasteiger charge is -2.05. The van der Waals surface area contributed by atoms with Crippen molar-refractivity contribution in [3.63, 3.8) is 0 Å². The summed E-state index contributed by atoms with van der Waals surface area (Å²) in [5.41, 5.74) is 2.50. The average molecular weight is 266 g/mol. The standard InChI is InChI=1S/C17H14O3/c1-11-3-8-14-15(18)10-16(20-17(14)9-11)12-4-6-13(19-2)7-5-12/h3-10H,1-2H3. The van der Waals surface area contributed by atoms with Gasteiger partial charge in [0.2, 0.25) is 0 Å². The van der Waals surface area contributed by atoms with Crippen LogP contribution in [0.5, 0.6) is 5.75 Å². The van der Waals surface area contributed by atoms with E-state index in [2.05, 4.69) is 0 Å². The number of hydrogen-bond acceptors (Lipinski definition) is 3. The number of fused-ring (bicyclic) bond motifs is 1. The Bertz CT molecular complexity index is 814. The summed E-state index contributed by atoms with van der Waals surface area (Å²) in [6.07, 6.45) is 0. The highest BCUT2D eigenvalue weighted by Gasteiger charge is 2.07. The summed E-state index contributed by atoms with van der Waals surface area (Å²) in [4.78, 5) is 12.1. The molecule has 0 aliphatic carbocycles. The zero-order chi connectivity index (χ0) is 14.1. The number of benzene rings is 2. The minimum absolute atomic E-state index is 0.0305. The zero-order valence-corrected chi connectivity index (χ0v) is 11.3. The van der Waals surface area contributed by atoms with Crippen molar-refractivity contribution in [3.05, 3.63) is 64.3 Å². The third-order valence-corrected chi connectivity index (χ3v) is 3.26. The molecule has 0 amide bonds. The Labute approximate surface area is 116 Å². The molecular formula is C17H14O3. The fourth-order valence-electron chi connectivity index (χ4n) is 2.16. The van der Waals surface area contributed by atoms with Crippen molar-refractivity contribution in [2.24, 2.45) is 0 Å². The molecule has 0 fully saturated rings. The van der Waals surface area contributed by atoms with Gasteiger partial charge in [-0.05, 0) is 48.9 Å². The lowest BCUT2D eigenvalue weighted by atomic mass is 10.1. The van der Waals surface area contributed by atoms with Crippen LogP contribution in [0.1, 0.15) is 5.56 Å². The Morgan fingerprint density at radius 3 is 2.45 bits per heavy atom. The van der Waals surface area contributed by atoms with Crippen LogP contribution in [-0.2, 0) is 0 Å². The van der Waals surface area contributed by atoms with Crippen molar-refractivity contribution < 1.29 is 9.15 Å². The maximum absolute atomic E-state index is 12.1. The van der Waals surface area contributed by atoms with E-state index < -0.39 is 0 Å². The number of ether oxygens (including phenoxy) is 1. The second-order valence-corrected chi connectivity index (χ2v) is 4.70. The second-order valence-electron chi connectivity index (χ2n) is 4.70. The Hall–Kier alpha value is -2.55. The van der Waals surface area contributed by atoms with E-state index in [0.29, 0.717) is 16.7 Å². The highest BCUT2D eigenvalue weighted by Crippen LogP contribution is 2.24.